The molecule has 5 heteroatoms. The highest BCUT2D eigenvalue weighted by Crippen LogP contribution is 2.38. The van der Waals surface area contributed by atoms with Crippen molar-refractivity contribution >= 4 is 14.2 Å². The predicted octanol–water partition coefficient (Wildman–Crippen LogP) is 7.12. The molecule has 1 aliphatic heterocycles. The van der Waals surface area contributed by atoms with E-state index in [0.717, 1.165) is 45.1 Å². The number of unbranched alkanes of at least 4 members (excludes halogenated alkanes) is 1. The van der Waals surface area contributed by atoms with E-state index in [1.807, 2.05) is 11.9 Å². The lowest BCUT2D eigenvalue weighted by atomic mass is 9.91. The normalized spacial score (nSPS) is 25.9. The number of amides is 1. The minimum Gasteiger partial charge on any atom is -0.411 e. The first kappa shape index (κ1) is 29.1. The van der Waals surface area contributed by atoms with Crippen molar-refractivity contribution < 1.29 is 14.0 Å². The van der Waals surface area contributed by atoms with Crippen molar-refractivity contribution in [3.8, 4) is 0 Å². The molecular formula is C27H51NO3Si. The molecule has 186 valence electrons. The molecule has 0 aromatic rings. The van der Waals surface area contributed by atoms with Crippen LogP contribution in [0.1, 0.15) is 86.5 Å². The molecule has 0 saturated carbocycles. The van der Waals surface area contributed by atoms with E-state index in [2.05, 4.69) is 72.9 Å². The lowest BCUT2D eigenvalue weighted by molar-refractivity contribution is -0.132. The highest BCUT2D eigenvalue weighted by molar-refractivity contribution is 6.74. The zero-order chi connectivity index (χ0) is 24.4. The minimum absolute atomic E-state index is 0.0430. The summed E-state index contributed by atoms with van der Waals surface area (Å²) in [5, 5.41) is 0.197. The molecule has 4 nitrogen and oxygen atoms in total. The van der Waals surface area contributed by atoms with Crippen LogP contribution in [0.5, 0.6) is 0 Å². The molecule has 0 radical (unpaired) electrons. The topological polar surface area (TPSA) is 38.8 Å². The Morgan fingerprint density at radius 3 is 2.53 bits per heavy atom. The molecule has 1 aliphatic rings. The average Bonchev–Trinajstić information content (AvgIpc) is 2.69. The fourth-order valence-electron chi connectivity index (χ4n) is 4.00. The van der Waals surface area contributed by atoms with Crippen molar-refractivity contribution in [3.05, 3.63) is 23.8 Å². The zero-order valence-corrected chi connectivity index (χ0v) is 23.5. The second-order valence-electron chi connectivity index (χ2n) is 11.1. The maximum atomic E-state index is 12.9. The van der Waals surface area contributed by atoms with Gasteiger partial charge < -0.3 is 14.1 Å². The number of nitrogens with zero attached hydrogens (tertiary/aromatic N) is 1. The molecule has 0 saturated heterocycles. The minimum atomic E-state index is -1.84. The number of carbonyl (C=O) groups is 1. The van der Waals surface area contributed by atoms with E-state index in [-0.39, 0.29) is 29.0 Å². The Bertz CT molecular complexity index is 621. The summed E-state index contributed by atoms with van der Waals surface area (Å²) in [6, 6.07) is 0.0430. The molecule has 0 fully saturated rings. The van der Waals surface area contributed by atoms with Gasteiger partial charge in [-0.25, -0.2) is 0 Å². The van der Waals surface area contributed by atoms with Crippen LogP contribution < -0.4 is 0 Å². The van der Waals surface area contributed by atoms with E-state index in [0.29, 0.717) is 13.0 Å². The summed E-state index contributed by atoms with van der Waals surface area (Å²) in [7, 11) is 0.120. The third-order valence-electron chi connectivity index (χ3n) is 7.20. The van der Waals surface area contributed by atoms with Crippen LogP contribution in [-0.4, -0.2) is 51.5 Å². The monoisotopic (exact) mass is 465 g/mol. The van der Waals surface area contributed by atoms with Gasteiger partial charge in [0.2, 0.25) is 5.91 Å². The molecule has 1 rings (SSSR count). The van der Waals surface area contributed by atoms with Crippen molar-refractivity contribution in [2.24, 2.45) is 5.92 Å². The number of hydrogen-bond donors (Lipinski definition) is 0. The summed E-state index contributed by atoms with van der Waals surface area (Å²) in [4.78, 5) is 14.8. The van der Waals surface area contributed by atoms with Gasteiger partial charge in [-0.15, -0.1) is 0 Å². The molecule has 1 unspecified atom stereocenters. The second kappa shape index (κ2) is 13.7. The molecule has 0 spiro atoms. The lowest BCUT2D eigenvalue weighted by Crippen LogP contribution is -2.44. The van der Waals surface area contributed by atoms with Crippen LogP contribution in [0.2, 0.25) is 18.1 Å². The van der Waals surface area contributed by atoms with Gasteiger partial charge in [0.1, 0.15) is 0 Å². The number of carbonyl (C=O) groups excluding carboxylic acids is 1. The van der Waals surface area contributed by atoms with Crippen molar-refractivity contribution in [2.45, 2.75) is 117 Å². The Morgan fingerprint density at radius 2 is 1.91 bits per heavy atom. The molecule has 1 amide bonds. The van der Waals surface area contributed by atoms with Gasteiger partial charge in [-0.1, -0.05) is 77.7 Å². The maximum absolute atomic E-state index is 12.9. The quantitative estimate of drug-likeness (QED) is 0.217. The molecule has 3 atom stereocenters. The van der Waals surface area contributed by atoms with Gasteiger partial charge in [0.15, 0.2) is 8.32 Å². The first-order valence-corrected chi connectivity index (χ1v) is 15.7. The highest BCUT2D eigenvalue weighted by Gasteiger charge is 2.38. The van der Waals surface area contributed by atoms with Crippen molar-refractivity contribution in [3.63, 3.8) is 0 Å². The number of hydrogen-bond acceptors (Lipinski definition) is 3. The first-order chi connectivity index (χ1) is 14.9. The van der Waals surface area contributed by atoms with Gasteiger partial charge in [0.05, 0.1) is 18.8 Å². The highest BCUT2D eigenvalue weighted by atomic mass is 28.4. The van der Waals surface area contributed by atoms with Crippen LogP contribution in [0.3, 0.4) is 0 Å². The second-order valence-corrected chi connectivity index (χ2v) is 15.8. The molecule has 0 bridgehead atoms. The van der Waals surface area contributed by atoms with Gasteiger partial charge in [0.25, 0.3) is 0 Å². The number of rotatable bonds is 8. The third-order valence-corrected chi connectivity index (χ3v) is 11.7. The molecule has 0 aromatic heterocycles. The summed E-state index contributed by atoms with van der Waals surface area (Å²) in [5.74, 6) is 0.449. The summed E-state index contributed by atoms with van der Waals surface area (Å²) >= 11 is 0. The van der Waals surface area contributed by atoms with Crippen molar-refractivity contribution in [1.29, 1.82) is 0 Å². The van der Waals surface area contributed by atoms with Gasteiger partial charge in [-0.3, -0.25) is 4.79 Å². The van der Waals surface area contributed by atoms with E-state index in [9.17, 15) is 4.79 Å². The number of likely N-dealkylation sites (N-methyl/N-ethyl adjacent to an activating group) is 1. The molecule has 0 N–H and O–H groups in total. The molecule has 0 aliphatic carbocycles. The van der Waals surface area contributed by atoms with E-state index >= 15 is 0 Å². The van der Waals surface area contributed by atoms with Crippen LogP contribution in [0.25, 0.3) is 0 Å². The standard InChI is InChI=1S/C27H51NO3Si/c1-10-11-20-30-21-19-23(3)26-22(2)17-18-24(31-32(8,9)27(4,5)6)15-13-12-14-16-25(29)28(26)7/h17-19,22,24,26H,10-16,20-21H2,1-9H3/b18-17+,23-19+/t22-,24?,26-/m0/s1. The molecule has 32 heavy (non-hydrogen) atoms. The Kier molecular flexibility index (Phi) is 12.5. The molecule has 0 aromatic carbocycles. The summed E-state index contributed by atoms with van der Waals surface area (Å²) in [6.07, 6.45) is 13.9. The van der Waals surface area contributed by atoms with Gasteiger partial charge >= 0.3 is 0 Å². The summed E-state index contributed by atoms with van der Waals surface area (Å²) < 4.78 is 12.5. The van der Waals surface area contributed by atoms with Gasteiger partial charge in [-0.2, -0.15) is 0 Å². The van der Waals surface area contributed by atoms with Crippen LogP contribution in [-0.2, 0) is 14.0 Å². The predicted molar refractivity (Wildman–Crippen MR) is 140 cm³/mol. The Hall–Kier alpha value is -0.913. The number of ether oxygens (including phenoxy) is 1. The lowest BCUT2D eigenvalue weighted by Gasteiger charge is -2.39. The van der Waals surface area contributed by atoms with E-state index in [4.69, 9.17) is 9.16 Å². The van der Waals surface area contributed by atoms with E-state index in [1.54, 1.807) is 0 Å². The van der Waals surface area contributed by atoms with Crippen LogP contribution >= 0.6 is 0 Å². The van der Waals surface area contributed by atoms with Gasteiger partial charge in [-0.05, 0) is 50.2 Å². The fraction of sp³-hybridized carbons (Fsp3) is 0.815. The Labute approximate surface area is 199 Å². The maximum Gasteiger partial charge on any atom is 0.222 e. The summed E-state index contributed by atoms with van der Waals surface area (Å²) in [6.45, 7) is 19.5. The largest absolute Gasteiger partial charge is 0.411 e. The van der Waals surface area contributed by atoms with E-state index in [1.165, 1.54) is 5.57 Å². The smallest absolute Gasteiger partial charge is 0.222 e. The van der Waals surface area contributed by atoms with Crippen LogP contribution in [0, 0.1) is 5.92 Å². The summed E-state index contributed by atoms with van der Waals surface area (Å²) in [5.41, 5.74) is 1.20. The molecular weight excluding hydrogens is 414 g/mol. The van der Waals surface area contributed by atoms with Crippen LogP contribution in [0.4, 0.5) is 0 Å². The Balaban J connectivity index is 3.07. The average molecular weight is 466 g/mol. The third kappa shape index (κ3) is 9.52. The van der Waals surface area contributed by atoms with E-state index < -0.39 is 8.32 Å². The first-order valence-electron chi connectivity index (χ1n) is 12.8. The van der Waals surface area contributed by atoms with Crippen LogP contribution in [0.15, 0.2) is 23.8 Å². The zero-order valence-electron chi connectivity index (χ0n) is 22.5. The fourth-order valence-corrected chi connectivity index (χ4v) is 5.30. The molecule has 1 heterocycles. The Morgan fingerprint density at radius 1 is 1.22 bits per heavy atom. The SMILES string of the molecule is CCCCOC/C=C(\C)[C@@H]1[C@@H](C)/C=C/C(O[Si](C)(C)C(C)(C)C)CCCCCC(=O)N1C. The van der Waals surface area contributed by atoms with Crippen molar-refractivity contribution in [1.82, 2.24) is 4.90 Å². The van der Waals surface area contributed by atoms with Gasteiger partial charge in [0, 0.05) is 20.1 Å². The van der Waals surface area contributed by atoms with Crippen molar-refractivity contribution in [2.75, 3.05) is 20.3 Å².